The van der Waals surface area contributed by atoms with E-state index in [1.807, 2.05) is 30.3 Å². The third-order valence-electron chi connectivity index (χ3n) is 4.01. The van der Waals surface area contributed by atoms with Crippen LogP contribution in [0.1, 0.15) is 25.0 Å². The molecule has 7 nitrogen and oxygen atoms in total. The zero-order valence-electron chi connectivity index (χ0n) is 15.8. The molecule has 29 heavy (non-hydrogen) atoms. The van der Waals surface area contributed by atoms with E-state index in [0.29, 0.717) is 16.3 Å². The summed E-state index contributed by atoms with van der Waals surface area (Å²) < 4.78 is 10.9. The first-order chi connectivity index (χ1) is 14.0. The molecule has 0 aliphatic carbocycles. The van der Waals surface area contributed by atoms with Crippen LogP contribution in [0, 0.1) is 0 Å². The summed E-state index contributed by atoms with van der Waals surface area (Å²) in [6, 6.07) is 16.4. The first-order valence-electron chi connectivity index (χ1n) is 8.75. The van der Waals surface area contributed by atoms with E-state index in [-0.39, 0.29) is 17.2 Å². The Balaban J connectivity index is 2.39. The molecule has 3 aromatic carbocycles. The van der Waals surface area contributed by atoms with Crippen molar-refractivity contribution in [1.82, 2.24) is 0 Å². The van der Waals surface area contributed by atoms with Gasteiger partial charge in [0.15, 0.2) is 0 Å². The molecule has 0 bridgehead atoms. The van der Waals surface area contributed by atoms with Crippen LogP contribution in [-0.4, -0.2) is 11.9 Å². The highest BCUT2D eigenvalue weighted by Crippen LogP contribution is 2.47. The lowest BCUT2D eigenvalue weighted by atomic mass is 10.0. The Bertz CT molecular complexity index is 1160. The maximum absolute atomic E-state index is 11.8. The molecule has 0 amide bonds. The van der Waals surface area contributed by atoms with Crippen LogP contribution in [0.5, 0.6) is 11.5 Å². The Morgan fingerprint density at radius 3 is 2.00 bits per heavy atom. The molecule has 0 saturated heterocycles. The minimum absolute atomic E-state index is 0.0600. The molecule has 0 fully saturated rings. The molecule has 0 atom stereocenters. The molecule has 0 heterocycles. The summed E-state index contributed by atoms with van der Waals surface area (Å²) in [4.78, 5) is 26.4. The van der Waals surface area contributed by atoms with Gasteiger partial charge < -0.3 is 9.47 Å². The number of esters is 2. The minimum atomic E-state index is -0.567. The summed E-state index contributed by atoms with van der Waals surface area (Å²) in [6.07, 6.45) is 3.45. The van der Waals surface area contributed by atoms with Gasteiger partial charge in [-0.2, -0.15) is 0 Å². The second-order valence-electron chi connectivity index (χ2n) is 6.09. The maximum Gasteiger partial charge on any atom is 0.308 e. The number of ether oxygens (including phenoxy) is 2. The van der Waals surface area contributed by atoms with Crippen LogP contribution in [0.25, 0.3) is 33.4 Å². The third kappa shape index (κ3) is 4.43. The molecule has 0 saturated carbocycles. The van der Waals surface area contributed by atoms with Crippen molar-refractivity contribution in [2.24, 2.45) is 5.11 Å². The third-order valence-corrected chi connectivity index (χ3v) is 4.01. The Morgan fingerprint density at radius 1 is 0.862 bits per heavy atom. The average Bonchev–Trinajstić information content (AvgIpc) is 2.70. The van der Waals surface area contributed by atoms with Gasteiger partial charge in [-0.15, -0.1) is 0 Å². The fourth-order valence-corrected chi connectivity index (χ4v) is 2.92. The molecule has 0 unspecified atom stereocenters. The first kappa shape index (κ1) is 19.7. The summed E-state index contributed by atoms with van der Waals surface area (Å²) in [5.41, 5.74) is 10.4. The topological polar surface area (TPSA) is 101 Å². The van der Waals surface area contributed by atoms with Gasteiger partial charge in [-0.1, -0.05) is 71.9 Å². The fourth-order valence-electron chi connectivity index (χ4n) is 2.92. The van der Waals surface area contributed by atoms with E-state index < -0.39 is 11.9 Å². The van der Waals surface area contributed by atoms with E-state index in [2.05, 4.69) is 10.0 Å². The molecule has 3 aromatic rings. The standard InChI is InChI=1S/C22H17N3O4/c1-14(26)28-21-17-10-6-7-11-18(17)22(29-15(2)27)20(24-25-23)19(21)13-12-16-8-4-3-5-9-16/h3-13H,1-2H3. The van der Waals surface area contributed by atoms with Crippen LogP contribution < -0.4 is 9.47 Å². The van der Waals surface area contributed by atoms with Crippen molar-refractivity contribution >= 4 is 40.6 Å². The van der Waals surface area contributed by atoms with Crippen molar-refractivity contribution in [2.45, 2.75) is 13.8 Å². The highest BCUT2D eigenvalue weighted by molar-refractivity contribution is 6.04. The average molecular weight is 387 g/mol. The molecular formula is C22H17N3O4. The van der Waals surface area contributed by atoms with Gasteiger partial charge in [0.1, 0.15) is 11.5 Å². The van der Waals surface area contributed by atoms with Crippen molar-refractivity contribution < 1.29 is 19.1 Å². The van der Waals surface area contributed by atoms with Crippen LogP contribution >= 0.6 is 0 Å². The van der Waals surface area contributed by atoms with E-state index >= 15 is 0 Å². The van der Waals surface area contributed by atoms with E-state index in [1.165, 1.54) is 13.8 Å². The number of hydrogen-bond acceptors (Lipinski definition) is 5. The zero-order chi connectivity index (χ0) is 20.8. The summed E-state index contributed by atoms with van der Waals surface area (Å²) in [5.74, 6) is -0.771. The smallest absolute Gasteiger partial charge is 0.308 e. The highest BCUT2D eigenvalue weighted by Gasteiger charge is 2.21. The largest absolute Gasteiger partial charge is 0.426 e. The normalized spacial score (nSPS) is 10.6. The summed E-state index contributed by atoms with van der Waals surface area (Å²) >= 11 is 0. The number of nitrogens with zero attached hydrogens (tertiary/aromatic N) is 3. The van der Waals surface area contributed by atoms with Crippen LogP contribution in [0.15, 0.2) is 59.7 Å². The Kier molecular flexibility index (Phi) is 5.92. The number of hydrogen-bond donors (Lipinski definition) is 0. The molecule has 0 aliphatic rings. The second kappa shape index (κ2) is 8.73. The lowest BCUT2D eigenvalue weighted by Gasteiger charge is -2.17. The van der Waals surface area contributed by atoms with Crippen molar-refractivity contribution in [3.05, 3.63) is 76.2 Å². The van der Waals surface area contributed by atoms with E-state index in [9.17, 15) is 9.59 Å². The van der Waals surface area contributed by atoms with Gasteiger partial charge in [0, 0.05) is 35.1 Å². The monoisotopic (exact) mass is 387 g/mol. The van der Waals surface area contributed by atoms with E-state index in [0.717, 1.165) is 5.56 Å². The van der Waals surface area contributed by atoms with Crippen LogP contribution in [0.4, 0.5) is 5.69 Å². The zero-order valence-corrected chi connectivity index (χ0v) is 15.8. The quantitative estimate of drug-likeness (QED) is 0.138. The summed E-state index contributed by atoms with van der Waals surface area (Å²) in [7, 11) is 0. The van der Waals surface area contributed by atoms with Gasteiger partial charge in [-0.3, -0.25) is 9.59 Å². The Hall–Kier alpha value is -4.09. The number of carbonyl (C=O) groups excluding carboxylic acids is 2. The van der Waals surface area contributed by atoms with Crippen molar-refractivity contribution in [1.29, 1.82) is 0 Å². The molecule has 144 valence electrons. The van der Waals surface area contributed by atoms with Crippen molar-refractivity contribution in [3.8, 4) is 11.5 Å². The number of carbonyl (C=O) groups is 2. The van der Waals surface area contributed by atoms with Crippen molar-refractivity contribution in [3.63, 3.8) is 0 Å². The Morgan fingerprint density at radius 2 is 1.41 bits per heavy atom. The molecule has 0 aromatic heterocycles. The summed E-state index contributed by atoms with van der Waals surface area (Å²) in [6.45, 7) is 2.54. The van der Waals surface area contributed by atoms with Gasteiger partial charge in [0.2, 0.25) is 0 Å². The summed E-state index contributed by atoms with van der Waals surface area (Å²) in [5, 5.41) is 4.78. The van der Waals surface area contributed by atoms with E-state index in [1.54, 1.807) is 36.4 Å². The lowest BCUT2D eigenvalue weighted by molar-refractivity contribution is -0.132. The SMILES string of the molecule is CC(=O)Oc1c(C=Cc2ccccc2)c(N=[N+]=[N-])c(OC(C)=O)c2ccccc12. The van der Waals surface area contributed by atoms with Gasteiger partial charge in [0.25, 0.3) is 0 Å². The van der Waals surface area contributed by atoms with Crippen LogP contribution in [-0.2, 0) is 9.59 Å². The molecule has 0 N–H and O–H groups in total. The second-order valence-corrected chi connectivity index (χ2v) is 6.09. The van der Waals surface area contributed by atoms with Crippen molar-refractivity contribution in [2.75, 3.05) is 0 Å². The van der Waals surface area contributed by atoms with Gasteiger partial charge in [0.05, 0.1) is 5.69 Å². The number of rotatable bonds is 5. The minimum Gasteiger partial charge on any atom is -0.426 e. The predicted molar refractivity (Wildman–Crippen MR) is 111 cm³/mol. The molecular weight excluding hydrogens is 370 g/mol. The van der Waals surface area contributed by atoms with E-state index in [4.69, 9.17) is 15.0 Å². The number of azide groups is 1. The lowest BCUT2D eigenvalue weighted by Crippen LogP contribution is -2.07. The van der Waals surface area contributed by atoms with Gasteiger partial charge in [-0.05, 0) is 11.1 Å². The maximum atomic E-state index is 11.8. The van der Waals surface area contributed by atoms with Gasteiger partial charge in [-0.25, -0.2) is 0 Å². The van der Waals surface area contributed by atoms with Crippen LogP contribution in [0.2, 0.25) is 0 Å². The molecule has 0 spiro atoms. The first-order valence-corrected chi connectivity index (χ1v) is 8.75. The van der Waals surface area contributed by atoms with Crippen LogP contribution in [0.3, 0.4) is 0 Å². The predicted octanol–water partition coefficient (Wildman–Crippen LogP) is 5.80. The van der Waals surface area contributed by atoms with Gasteiger partial charge >= 0.3 is 11.9 Å². The fraction of sp³-hybridized carbons (Fsp3) is 0.0909. The number of fused-ring (bicyclic) bond motifs is 1. The number of benzene rings is 3. The highest BCUT2D eigenvalue weighted by atomic mass is 16.5. The molecule has 3 rings (SSSR count). The molecule has 0 radical (unpaired) electrons. The molecule has 7 heteroatoms. The molecule has 0 aliphatic heterocycles. The Labute approximate surface area is 166 Å².